The Balaban J connectivity index is 1.47. The van der Waals surface area contributed by atoms with Gasteiger partial charge in [0.1, 0.15) is 6.61 Å². The lowest BCUT2D eigenvalue weighted by molar-refractivity contribution is -0.384. The van der Waals surface area contributed by atoms with Crippen LogP contribution in [0, 0.1) is 10.1 Å². The van der Waals surface area contributed by atoms with Crippen LogP contribution in [0.1, 0.15) is 24.0 Å². The molecule has 1 aromatic heterocycles. The van der Waals surface area contributed by atoms with Crippen LogP contribution in [0.15, 0.2) is 83.7 Å². The first-order chi connectivity index (χ1) is 16.0. The second kappa shape index (κ2) is 9.95. The average molecular weight is 445 g/mol. The number of fused-ring (bicyclic) bond motifs is 1. The van der Waals surface area contributed by atoms with Crippen LogP contribution in [-0.2, 0) is 29.2 Å². The van der Waals surface area contributed by atoms with E-state index < -0.39 is 4.92 Å². The molecule has 4 rings (SSSR count). The lowest BCUT2D eigenvalue weighted by Crippen LogP contribution is -2.25. The molecule has 4 aromatic rings. The van der Waals surface area contributed by atoms with Crippen LogP contribution in [0.25, 0.3) is 11.0 Å². The van der Waals surface area contributed by atoms with Gasteiger partial charge in [0.05, 0.1) is 22.5 Å². The van der Waals surface area contributed by atoms with Crippen molar-refractivity contribution in [3.8, 4) is 0 Å². The number of carbonyl (C=O) groups excluding carboxylic acids is 1. The van der Waals surface area contributed by atoms with Crippen LogP contribution in [0.5, 0.6) is 0 Å². The van der Waals surface area contributed by atoms with Crippen molar-refractivity contribution < 1.29 is 14.5 Å². The van der Waals surface area contributed by atoms with E-state index in [1.54, 1.807) is 21.3 Å². The van der Waals surface area contributed by atoms with Gasteiger partial charge in [0.25, 0.3) is 5.69 Å². The molecular weight excluding hydrogens is 422 g/mol. The number of esters is 1. The number of hydrogen-bond acceptors (Lipinski definition) is 5. The third-order valence-electron chi connectivity index (χ3n) is 5.39. The van der Waals surface area contributed by atoms with E-state index in [4.69, 9.17) is 4.74 Å². The van der Waals surface area contributed by atoms with Gasteiger partial charge in [0, 0.05) is 25.1 Å². The monoisotopic (exact) mass is 445 g/mol. The van der Waals surface area contributed by atoms with E-state index in [1.165, 1.54) is 12.1 Å². The number of ether oxygens (including phenoxy) is 1. The van der Waals surface area contributed by atoms with Crippen LogP contribution in [-0.4, -0.2) is 20.0 Å². The highest BCUT2D eigenvalue weighted by atomic mass is 16.6. The van der Waals surface area contributed by atoms with E-state index in [0.29, 0.717) is 18.5 Å². The number of non-ortho nitro benzene ring substituents is 1. The highest BCUT2D eigenvalue weighted by molar-refractivity contribution is 5.76. The second-order valence-electron chi connectivity index (χ2n) is 7.69. The smallest absolute Gasteiger partial charge is 0.329 e. The van der Waals surface area contributed by atoms with E-state index in [1.807, 2.05) is 54.6 Å². The van der Waals surface area contributed by atoms with Crippen molar-refractivity contribution in [3.05, 3.63) is 111 Å². The predicted octanol–water partition coefficient (Wildman–Crippen LogP) is 4.28. The number of benzene rings is 3. The van der Waals surface area contributed by atoms with Crippen molar-refractivity contribution >= 4 is 22.7 Å². The molecule has 0 radical (unpaired) electrons. The summed E-state index contributed by atoms with van der Waals surface area (Å²) in [6, 6.07) is 23.1. The van der Waals surface area contributed by atoms with Crippen molar-refractivity contribution in [2.75, 3.05) is 0 Å². The maximum Gasteiger partial charge on any atom is 0.329 e. The minimum Gasteiger partial charge on any atom is -0.461 e. The standard InChI is InChI=1S/C25H23N3O5/c29-24(33-18-19-8-2-1-3-9-19)14-7-15-26-22-12-4-5-13-23(22)27(25(26)30)17-20-10-6-11-21(16-20)28(31)32/h1-6,8-13,16H,7,14-15,17-18H2. The highest BCUT2D eigenvalue weighted by Gasteiger charge is 2.15. The molecule has 8 heteroatoms. The lowest BCUT2D eigenvalue weighted by Gasteiger charge is -2.06. The fourth-order valence-corrected chi connectivity index (χ4v) is 3.78. The number of nitro benzene ring substituents is 1. The van der Waals surface area contributed by atoms with Gasteiger partial charge in [0.15, 0.2) is 0 Å². The molecule has 33 heavy (non-hydrogen) atoms. The zero-order valence-corrected chi connectivity index (χ0v) is 17.9. The quantitative estimate of drug-likeness (QED) is 0.218. The zero-order chi connectivity index (χ0) is 23.2. The number of hydrogen-bond donors (Lipinski definition) is 0. The maximum absolute atomic E-state index is 13.2. The Labute approximate surface area is 189 Å². The first-order valence-corrected chi connectivity index (χ1v) is 10.6. The number of aromatic nitrogens is 2. The minimum atomic E-state index is -0.452. The Morgan fingerprint density at radius 2 is 1.55 bits per heavy atom. The van der Waals surface area contributed by atoms with Gasteiger partial charge >= 0.3 is 11.7 Å². The van der Waals surface area contributed by atoms with Gasteiger partial charge in [-0.05, 0) is 29.7 Å². The van der Waals surface area contributed by atoms with Gasteiger partial charge in [-0.3, -0.25) is 24.0 Å². The largest absolute Gasteiger partial charge is 0.461 e. The van der Waals surface area contributed by atoms with E-state index in [9.17, 15) is 19.7 Å². The fraction of sp³-hybridized carbons (Fsp3) is 0.200. The van der Waals surface area contributed by atoms with Gasteiger partial charge in [-0.2, -0.15) is 0 Å². The number of para-hydroxylation sites is 2. The molecule has 8 nitrogen and oxygen atoms in total. The van der Waals surface area contributed by atoms with Crippen LogP contribution in [0.4, 0.5) is 5.69 Å². The van der Waals surface area contributed by atoms with Crippen LogP contribution < -0.4 is 5.69 Å². The van der Waals surface area contributed by atoms with Crippen molar-refractivity contribution in [1.29, 1.82) is 0 Å². The number of imidazole rings is 1. The summed E-state index contributed by atoms with van der Waals surface area (Å²) in [7, 11) is 0. The SMILES string of the molecule is O=C(CCCn1c(=O)n(Cc2cccc([N+](=O)[O-])c2)c2ccccc21)OCc1ccccc1. The molecule has 0 N–H and O–H groups in total. The van der Waals surface area contributed by atoms with E-state index in [2.05, 4.69) is 0 Å². The van der Waals surface area contributed by atoms with E-state index in [-0.39, 0.29) is 36.9 Å². The summed E-state index contributed by atoms with van der Waals surface area (Å²) >= 11 is 0. The van der Waals surface area contributed by atoms with Gasteiger partial charge < -0.3 is 4.74 Å². The Hall–Kier alpha value is -4.20. The molecule has 3 aromatic carbocycles. The highest BCUT2D eigenvalue weighted by Crippen LogP contribution is 2.18. The van der Waals surface area contributed by atoms with Crippen molar-refractivity contribution in [1.82, 2.24) is 9.13 Å². The number of rotatable bonds is 9. The van der Waals surface area contributed by atoms with Gasteiger partial charge in [-0.15, -0.1) is 0 Å². The third-order valence-corrected chi connectivity index (χ3v) is 5.39. The summed E-state index contributed by atoms with van der Waals surface area (Å²) in [6.45, 7) is 0.803. The van der Waals surface area contributed by atoms with Crippen LogP contribution in [0.2, 0.25) is 0 Å². The summed E-state index contributed by atoms with van der Waals surface area (Å²) in [6.07, 6.45) is 0.655. The minimum absolute atomic E-state index is 0.0155. The molecule has 0 unspecified atom stereocenters. The van der Waals surface area contributed by atoms with E-state index >= 15 is 0 Å². The zero-order valence-electron chi connectivity index (χ0n) is 17.9. The predicted molar refractivity (Wildman–Crippen MR) is 124 cm³/mol. The van der Waals surface area contributed by atoms with Gasteiger partial charge in [-0.1, -0.05) is 54.6 Å². The Morgan fingerprint density at radius 1 is 0.879 bits per heavy atom. The van der Waals surface area contributed by atoms with Gasteiger partial charge in [-0.25, -0.2) is 4.79 Å². The molecule has 0 fully saturated rings. The van der Waals surface area contributed by atoms with Crippen LogP contribution >= 0.6 is 0 Å². The topological polar surface area (TPSA) is 96.4 Å². The molecule has 0 amide bonds. The molecule has 0 spiro atoms. The summed E-state index contributed by atoms with van der Waals surface area (Å²) < 4.78 is 8.55. The second-order valence-corrected chi connectivity index (χ2v) is 7.69. The Morgan fingerprint density at radius 3 is 2.27 bits per heavy atom. The fourth-order valence-electron chi connectivity index (χ4n) is 3.78. The molecule has 0 aliphatic rings. The summed E-state index contributed by atoms with van der Waals surface area (Å²) in [5.41, 5.74) is 2.84. The molecule has 0 aliphatic carbocycles. The number of carbonyl (C=O) groups is 1. The molecule has 0 saturated carbocycles. The molecule has 0 bridgehead atoms. The van der Waals surface area contributed by atoms with Crippen molar-refractivity contribution in [3.63, 3.8) is 0 Å². The summed E-state index contributed by atoms with van der Waals surface area (Å²) in [5, 5.41) is 11.1. The lowest BCUT2D eigenvalue weighted by atomic mass is 10.2. The number of nitro groups is 1. The number of nitrogens with zero attached hydrogens (tertiary/aromatic N) is 3. The average Bonchev–Trinajstić information content (AvgIpc) is 3.09. The molecule has 1 heterocycles. The summed E-state index contributed by atoms with van der Waals surface area (Å²) in [5.74, 6) is -0.313. The van der Waals surface area contributed by atoms with E-state index in [0.717, 1.165) is 16.6 Å². The number of aryl methyl sites for hydroxylation is 1. The molecule has 168 valence electrons. The molecule has 0 saturated heterocycles. The summed E-state index contributed by atoms with van der Waals surface area (Å²) in [4.78, 5) is 35.9. The normalized spacial score (nSPS) is 10.9. The molecule has 0 atom stereocenters. The first kappa shape index (κ1) is 22.0. The maximum atomic E-state index is 13.2. The van der Waals surface area contributed by atoms with Crippen molar-refractivity contribution in [2.24, 2.45) is 0 Å². The van der Waals surface area contributed by atoms with Crippen molar-refractivity contribution in [2.45, 2.75) is 32.5 Å². The van der Waals surface area contributed by atoms with Gasteiger partial charge in [0.2, 0.25) is 0 Å². The molecular formula is C25H23N3O5. The first-order valence-electron chi connectivity index (χ1n) is 10.6. The Bertz CT molecular complexity index is 1340. The Kier molecular flexibility index (Phi) is 6.64. The third kappa shape index (κ3) is 5.17. The molecule has 0 aliphatic heterocycles. The van der Waals surface area contributed by atoms with Crippen LogP contribution in [0.3, 0.4) is 0 Å².